The first-order valence-electron chi connectivity index (χ1n) is 6.65. The minimum atomic E-state index is -4.34. The van der Waals surface area contributed by atoms with Crippen molar-refractivity contribution in [2.24, 2.45) is 5.84 Å². The van der Waals surface area contributed by atoms with Crippen LogP contribution in [0.25, 0.3) is 0 Å². The van der Waals surface area contributed by atoms with E-state index in [1.54, 1.807) is 17.4 Å². The second-order valence-electron chi connectivity index (χ2n) is 4.77. The summed E-state index contributed by atoms with van der Waals surface area (Å²) in [5.74, 6) is 5.52. The van der Waals surface area contributed by atoms with Crippen LogP contribution in [0.5, 0.6) is 0 Å². The Morgan fingerprint density at radius 1 is 1.19 bits per heavy atom. The Bertz CT molecular complexity index is 593. The molecule has 1 aromatic heterocycles. The summed E-state index contributed by atoms with van der Waals surface area (Å²) in [5, 5.41) is 0. The number of hydrogen-bond donors (Lipinski definition) is 2. The van der Waals surface area contributed by atoms with Crippen molar-refractivity contribution in [2.45, 2.75) is 32.0 Å². The highest BCUT2D eigenvalue weighted by molar-refractivity contribution is 7.11. The Hall–Kier alpha value is -1.37. The predicted molar refractivity (Wildman–Crippen MR) is 78.9 cm³/mol. The molecule has 1 atom stereocenters. The lowest BCUT2D eigenvalue weighted by atomic mass is 10.0. The molecule has 6 heteroatoms. The summed E-state index contributed by atoms with van der Waals surface area (Å²) >= 11 is 1.66. The Morgan fingerprint density at radius 2 is 1.90 bits per heavy atom. The van der Waals surface area contributed by atoms with E-state index in [1.807, 2.05) is 12.1 Å². The Labute approximate surface area is 125 Å². The van der Waals surface area contributed by atoms with E-state index in [0.717, 1.165) is 23.4 Å². The zero-order valence-corrected chi connectivity index (χ0v) is 12.4. The lowest BCUT2D eigenvalue weighted by Crippen LogP contribution is -2.29. The number of hydrogen-bond acceptors (Lipinski definition) is 3. The fourth-order valence-corrected chi connectivity index (χ4v) is 3.13. The maximum atomic E-state index is 12.8. The highest BCUT2D eigenvalue weighted by atomic mass is 32.1. The van der Waals surface area contributed by atoms with Crippen molar-refractivity contribution >= 4 is 11.3 Å². The normalized spacial score (nSPS) is 13.4. The van der Waals surface area contributed by atoms with E-state index in [9.17, 15) is 13.2 Å². The average molecular weight is 314 g/mol. The first-order valence-corrected chi connectivity index (χ1v) is 7.46. The van der Waals surface area contributed by atoms with Gasteiger partial charge in [-0.1, -0.05) is 19.1 Å². The molecule has 0 saturated carbocycles. The third kappa shape index (κ3) is 4.06. The van der Waals surface area contributed by atoms with Crippen molar-refractivity contribution in [1.82, 2.24) is 5.43 Å². The van der Waals surface area contributed by atoms with Crippen LogP contribution < -0.4 is 11.3 Å². The quantitative estimate of drug-likeness (QED) is 0.645. The van der Waals surface area contributed by atoms with E-state index >= 15 is 0 Å². The number of rotatable bonds is 5. The van der Waals surface area contributed by atoms with Gasteiger partial charge in [-0.25, -0.2) is 0 Å². The van der Waals surface area contributed by atoms with E-state index in [2.05, 4.69) is 12.3 Å². The second-order valence-corrected chi connectivity index (χ2v) is 6.02. The van der Waals surface area contributed by atoms with Crippen LogP contribution in [-0.4, -0.2) is 0 Å². The van der Waals surface area contributed by atoms with E-state index in [0.29, 0.717) is 12.0 Å². The summed E-state index contributed by atoms with van der Waals surface area (Å²) in [5.41, 5.74) is 2.50. The summed E-state index contributed by atoms with van der Waals surface area (Å²) < 4.78 is 38.3. The highest BCUT2D eigenvalue weighted by Gasteiger charge is 2.30. The summed E-state index contributed by atoms with van der Waals surface area (Å²) in [6.45, 7) is 2.07. The fourth-order valence-electron chi connectivity index (χ4n) is 2.13. The molecule has 1 heterocycles. The van der Waals surface area contributed by atoms with Gasteiger partial charge in [-0.15, -0.1) is 11.3 Å². The summed E-state index contributed by atoms with van der Waals surface area (Å²) in [7, 11) is 0. The molecule has 0 spiro atoms. The topological polar surface area (TPSA) is 38.0 Å². The molecular formula is C15H17F3N2S. The number of benzene rings is 1. The molecule has 0 fully saturated rings. The van der Waals surface area contributed by atoms with Crippen LogP contribution in [0, 0.1) is 0 Å². The molecule has 1 aromatic carbocycles. The number of thiophene rings is 1. The van der Waals surface area contributed by atoms with Crippen LogP contribution >= 0.6 is 11.3 Å². The van der Waals surface area contributed by atoms with Crippen molar-refractivity contribution in [2.75, 3.05) is 0 Å². The highest BCUT2D eigenvalue weighted by Crippen LogP contribution is 2.31. The van der Waals surface area contributed by atoms with Crippen molar-refractivity contribution in [3.05, 3.63) is 57.3 Å². The molecule has 114 valence electrons. The third-order valence-electron chi connectivity index (χ3n) is 3.29. The number of aryl methyl sites for hydroxylation is 1. The van der Waals surface area contributed by atoms with Crippen molar-refractivity contribution in [3.63, 3.8) is 0 Å². The molecule has 0 radical (unpaired) electrons. The van der Waals surface area contributed by atoms with E-state index in [4.69, 9.17) is 5.84 Å². The first kappa shape index (κ1) is 16.0. The van der Waals surface area contributed by atoms with E-state index in [-0.39, 0.29) is 6.04 Å². The van der Waals surface area contributed by atoms with Gasteiger partial charge in [0.25, 0.3) is 0 Å². The lowest BCUT2D eigenvalue weighted by Gasteiger charge is -2.17. The molecule has 0 aliphatic carbocycles. The lowest BCUT2D eigenvalue weighted by molar-refractivity contribution is -0.137. The fraction of sp³-hybridized carbons (Fsp3) is 0.333. The van der Waals surface area contributed by atoms with Crippen molar-refractivity contribution in [3.8, 4) is 0 Å². The van der Waals surface area contributed by atoms with E-state index in [1.165, 1.54) is 10.9 Å². The van der Waals surface area contributed by atoms with Gasteiger partial charge in [0.05, 0.1) is 11.6 Å². The number of nitrogens with one attached hydrogen (secondary N) is 1. The van der Waals surface area contributed by atoms with Crippen molar-refractivity contribution in [1.29, 1.82) is 0 Å². The maximum absolute atomic E-state index is 12.8. The number of halogens is 3. The number of hydrazine groups is 1. The minimum absolute atomic E-state index is 0.337. The molecule has 0 amide bonds. The average Bonchev–Trinajstić information content (AvgIpc) is 2.91. The summed E-state index contributed by atoms with van der Waals surface area (Å²) in [6.07, 6.45) is -2.81. The van der Waals surface area contributed by atoms with Gasteiger partial charge < -0.3 is 0 Å². The molecule has 0 saturated heterocycles. The zero-order valence-electron chi connectivity index (χ0n) is 11.6. The largest absolute Gasteiger partial charge is 0.416 e. The Morgan fingerprint density at radius 3 is 2.48 bits per heavy atom. The first-order chi connectivity index (χ1) is 9.94. The van der Waals surface area contributed by atoms with Gasteiger partial charge in [-0.05, 0) is 36.2 Å². The zero-order chi connectivity index (χ0) is 15.5. The van der Waals surface area contributed by atoms with Crippen LogP contribution in [-0.2, 0) is 19.0 Å². The monoisotopic (exact) mass is 314 g/mol. The molecule has 2 rings (SSSR count). The molecule has 0 aliphatic heterocycles. The molecule has 0 aliphatic rings. The molecule has 3 N–H and O–H groups in total. The number of alkyl halides is 3. The minimum Gasteiger partial charge on any atom is -0.271 e. The van der Waals surface area contributed by atoms with Gasteiger partial charge >= 0.3 is 6.18 Å². The second kappa shape index (κ2) is 6.60. The smallest absolute Gasteiger partial charge is 0.271 e. The molecule has 2 nitrogen and oxygen atoms in total. The molecule has 2 aromatic rings. The number of nitrogens with two attached hydrogens (primary N) is 1. The molecule has 0 bridgehead atoms. The molecule has 21 heavy (non-hydrogen) atoms. The molecular weight excluding hydrogens is 297 g/mol. The SMILES string of the molecule is CCc1ccc(CC(NN)c2cccc(C(F)(F)F)c2)s1. The van der Waals surface area contributed by atoms with Gasteiger partial charge in [0.15, 0.2) is 0 Å². The standard InChI is InChI=1S/C15H17F3N2S/c1-2-12-6-7-13(21-12)9-14(20-19)10-4-3-5-11(8-10)15(16,17)18/h3-8,14,20H,2,9,19H2,1H3. The molecule has 1 unspecified atom stereocenters. The Kier molecular flexibility index (Phi) is 5.03. The predicted octanol–water partition coefficient (Wildman–Crippen LogP) is 4.08. The van der Waals surface area contributed by atoms with Crippen LogP contribution in [0.3, 0.4) is 0 Å². The third-order valence-corrected chi connectivity index (χ3v) is 4.54. The van der Waals surface area contributed by atoms with Gasteiger partial charge in [-0.2, -0.15) is 13.2 Å². The summed E-state index contributed by atoms with van der Waals surface area (Å²) in [4.78, 5) is 2.36. The van der Waals surface area contributed by atoms with Gasteiger partial charge in [0, 0.05) is 16.2 Å². The van der Waals surface area contributed by atoms with Gasteiger partial charge in [0.1, 0.15) is 0 Å². The van der Waals surface area contributed by atoms with Gasteiger partial charge in [-0.3, -0.25) is 11.3 Å². The van der Waals surface area contributed by atoms with Crippen LogP contribution in [0.15, 0.2) is 36.4 Å². The maximum Gasteiger partial charge on any atom is 0.416 e. The van der Waals surface area contributed by atoms with Gasteiger partial charge in [0.2, 0.25) is 0 Å². The summed E-state index contributed by atoms with van der Waals surface area (Å²) in [6, 6.07) is 9.00. The van der Waals surface area contributed by atoms with Crippen LogP contribution in [0.1, 0.15) is 33.8 Å². The van der Waals surface area contributed by atoms with Crippen LogP contribution in [0.2, 0.25) is 0 Å². The van der Waals surface area contributed by atoms with Crippen LogP contribution in [0.4, 0.5) is 13.2 Å². The van der Waals surface area contributed by atoms with E-state index < -0.39 is 11.7 Å². The Balaban J connectivity index is 2.21. The van der Waals surface area contributed by atoms with Crippen molar-refractivity contribution < 1.29 is 13.2 Å².